The van der Waals surface area contributed by atoms with E-state index in [1.54, 1.807) is 0 Å². The number of carbonyl (C=O) groups is 1. The van der Waals surface area contributed by atoms with Gasteiger partial charge < -0.3 is 14.6 Å². The number of carbonyl (C=O) groups excluding carboxylic acids is 1. The molecule has 1 heterocycles. The van der Waals surface area contributed by atoms with Crippen LogP contribution in [-0.2, 0) is 30.3 Å². The molecule has 7 heteroatoms. The lowest BCUT2D eigenvalue weighted by molar-refractivity contribution is -0.118. The van der Waals surface area contributed by atoms with Gasteiger partial charge in [-0.3, -0.25) is 4.79 Å². The Morgan fingerprint density at radius 2 is 1.77 bits per heavy atom. The second-order valence-corrected chi connectivity index (χ2v) is 9.34. The fourth-order valence-corrected chi connectivity index (χ4v) is 3.73. The van der Waals surface area contributed by atoms with E-state index < -0.39 is 0 Å². The molecule has 0 unspecified atom stereocenters. The third-order valence-corrected chi connectivity index (χ3v) is 5.94. The predicted molar refractivity (Wildman–Crippen MR) is 124 cm³/mol. The van der Waals surface area contributed by atoms with Gasteiger partial charge in [0.2, 0.25) is 5.91 Å². The Morgan fingerprint density at radius 3 is 2.45 bits per heavy atom. The zero-order valence-electron chi connectivity index (χ0n) is 18.6. The average molecular weight is 439 g/mol. The molecule has 0 aliphatic heterocycles. The van der Waals surface area contributed by atoms with E-state index in [2.05, 4.69) is 60.6 Å². The molecule has 3 aromatic rings. The van der Waals surface area contributed by atoms with Gasteiger partial charge in [-0.1, -0.05) is 75.0 Å². The number of aromatic nitrogens is 3. The number of nitrogens with one attached hydrogen (secondary N) is 1. The van der Waals surface area contributed by atoms with Crippen molar-refractivity contribution < 1.29 is 9.53 Å². The molecule has 164 valence electrons. The Morgan fingerprint density at radius 1 is 1.06 bits per heavy atom. The maximum Gasteiger partial charge on any atom is 0.230 e. The number of rotatable bonds is 9. The minimum Gasteiger partial charge on any atom is -0.486 e. The first-order valence-electron chi connectivity index (χ1n) is 10.4. The molecule has 31 heavy (non-hydrogen) atoms. The summed E-state index contributed by atoms with van der Waals surface area (Å²) in [5.74, 6) is 1.80. The maximum atomic E-state index is 12.1. The van der Waals surface area contributed by atoms with Crippen LogP contribution in [-0.4, -0.2) is 33.0 Å². The third-order valence-electron chi connectivity index (χ3n) is 4.92. The van der Waals surface area contributed by atoms with Crippen molar-refractivity contribution in [3.8, 4) is 5.75 Å². The summed E-state index contributed by atoms with van der Waals surface area (Å²) >= 11 is 1.37. The lowest BCUT2D eigenvalue weighted by Crippen LogP contribution is -2.27. The molecule has 0 saturated heterocycles. The summed E-state index contributed by atoms with van der Waals surface area (Å²) in [6.07, 6.45) is 0.819. The summed E-state index contributed by atoms with van der Waals surface area (Å²) in [5, 5.41) is 12.0. The number of amides is 1. The van der Waals surface area contributed by atoms with Gasteiger partial charge in [0.25, 0.3) is 0 Å². The number of benzene rings is 2. The molecule has 0 saturated carbocycles. The highest BCUT2D eigenvalue weighted by Gasteiger charge is 2.14. The van der Waals surface area contributed by atoms with Crippen molar-refractivity contribution in [2.45, 2.75) is 44.4 Å². The summed E-state index contributed by atoms with van der Waals surface area (Å²) in [6, 6.07) is 18.2. The monoisotopic (exact) mass is 438 g/mol. The molecule has 1 amide bonds. The summed E-state index contributed by atoms with van der Waals surface area (Å²) < 4.78 is 7.73. The van der Waals surface area contributed by atoms with E-state index in [4.69, 9.17) is 4.74 Å². The number of hydrogen-bond acceptors (Lipinski definition) is 5. The van der Waals surface area contributed by atoms with Crippen LogP contribution in [0.25, 0.3) is 0 Å². The van der Waals surface area contributed by atoms with Crippen molar-refractivity contribution in [1.29, 1.82) is 0 Å². The molecule has 3 rings (SSSR count). The van der Waals surface area contributed by atoms with Gasteiger partial charge in [0.05, 0.1) is 5.75 Å². The highest BCUT2D eigenvalue weighted by atomic mass is 32.2. The van der Waals surface area contributed by atoms with E-state index in [0.717, 1.165) is 12.2 Å². The van der Waals surface area contributed by atoms with Crippen LogP contribution < -0.4 is 10.1 Å². The van der Waals surface area contributed by atoms with Crippen molar-refractivity contribution in [3.63, 3.8) is 0 Å². The number of ether oxygens (including phenoxy) is 1. The topological polar surface area (TPSA) is 69.0 Å². The van der Waals surface area contributed by atoms with Crippen LogP contribution in [0.1, 0.15) is 37.7 Å². The molecule has 0 radical (unpaired) electrons. The van der Waals surface area contributed by atoms with Crippen LogP contribution in [0.4, 0.5) is 0 Å². The molecule has 0 fully saturated rings. The quantitative estimate of drug-likeness (QED) is 0.509. The Hall–Kier alpha value is -2.80. The minimum atomic E-state index is -0.0133. The highest BCUT2D eigenvalue weighted by Crippen LogP contribution is 2.24. The Bertz CT molecular complexity index is 979. The third kappa shape index (κ3) is 6.85. The largest absolute Gasteiger partial charge is 0.486 e. The van der Waals surface area contributed by atoms with E-state index >= 15 is 0 Å². The van der Waals surface area contributed by atoms with Crippen molar-refractivity contribution in [2.24, 2.45) is 7.05 Å². The standard InChI is InChI=1S/C24H30N4O2S/c1-24(2,3)19-10-12-20(13-11-19)30-16-21-26-27-23(28(21)4)31-17-22(29)25-15-14-18-8-6-5-7-9-18/h5-13H,14-17H2,1-4H3,(H,25,29). The summed E-state index contributed by atoms with van der Waals surface area (Å²) in [5.41, 5.74) is 2.59. The first kappa shape index (κ1) is 22.9. The SMILES string of the molecule is Cn1c(COc2ccc(C(C)(C)C)cc2)nnc1SCC(=O)NCCc1ccccc1. The van der Waals surface area contributed by atoms with Crippen LogP contribution >= 0.6 is 11.8 Å². The molecular weight excluding hydrogens is 408 g/mol. The van der Waals surface area contributed by atoms with Crippen molar-refractivity contribution in [2.75, 3.05) is 12.3 Å². The zero-order valence-corrected chi connectivity index (χ0v) is 19.4. The van der Waals surface area contributed by atoms with Crippen LogP contribution in [0.15, 0.2) is 59.8 Å². The lowest BCUT2D eigenvalue weighted by atomic mass is 9.87. The first-order chi connectivity index (χ1) is 14.8. The molecule has 0 spiro atoms. The Balaban J connectivity index is 1.43. The molecule has 2 aromatic carbocycles. The molecule has 0 atom stereocenters. The van der Waals surface area contributed by atoms with Gasteiger partial charge in [0.15, 0.2) is 11.0 Å². The van der Waals surface area contributed by atoms with Crippen LogP contribution in [0.2, 0.25) is 0 Å². The molecule has 0 bridgehead atoms. The second-order valence-electron chi connectivity index (χ2n) is 8.40. The summed E-state index contributed by atoms with van der Waals surface area (Å²) in [6.45, 7) is 7.50. The van der Waals surface area contributed by atoms with E-state index in [0.29, 0.717) is 29.9 Å². The Labute approximate surface area is 188 Å². The summed E-state index contributed by atoms with van der Waals surface area (Å²) in [4.78, 5) is 12.1. The van der Waals surface area contributed by atoms with E-state index in [9.17, 15) is 4.79 Å². The molecule has 1 N–H and O–H groups in total. The van der Waals surface area contributed by atoms with E-state index in [-0.39, 0.29) is 11.3 Å². The van der Waals surface area contributed by atoms with Gasteiger partial charge in [0, 0.05) is 13.6 Å². The lowest BCUT2D eigenvalue weighted by Gasteiger charge is -2.19. The van der Waals surface area contributed by atoms with Crippen molar-refractivity contribution in [1.82, 2.24) is 20.1 Å². The van der Waals surface area contributed by atoms with Crippen LogP contribution in [0, 0.1) is 0 Å². The van der Waals surface area contributed by atoms with Gasteiger partial charge >= 0.3 is 0 Å². The smallest absolute Gasteiger partial charge is 0.230 e. The molecular formula is C24H30N4O2S. The zero-order chi connectivity index (χ0) is 22.3. The van der Waals surface area contributed by atoms with Gasteiger partial charge in [-0.2, -0.15) is 0 Å². The normalized spacial score (nSPS) is 11.4. The maximum absolute atomic E-state index is 12.1. The van der Waals surface area contributed by atoms with Crippen LogP contribution in [0.5, 0.6) is 5.75 Å². The van der Waals surface area contributed by atoms with Gasteiger partial charge in [-0.05, 0) is 35.1 Å². The molecule has 1 aromatic heterocycles. The average Bonchev–Trinajstić information content (AvgIpc) is 3.10. The van der Waals surface area contributed by atoms with Crippen molar-refractivity contribution >= 4 is 17.7 Å². The molecule has 0 aliphatic carbocycles. The van der Waals surface area contributed by atoms with Crippen LogP contribution in [0.3, 0.4) is 0 Å². The van der Waals surface area contributed by atoms with E-state index in [1.807, 2.05) is 41.9 Å². The number of hydrogen-bond donors (Lipinski definition) is 1. The molecule has 6 nitrogen and oxygen atoms in total. The van der Waals surface area contributed by atoms with Crippen molar-refractivity contribution in [3.05, 3.63) is 71.5 Å². The first-order valence-corrected chi connectivity index (χ1v) is 11.4. The number of thioether (sulfide) groups is 1. The minimum absolute atomic E-state index is 0.0133. The molecule has 0 aliphatic rings. The Kier molecular flexibility index (Phi) is 7.74. The predicted octanol–water partition coefficient (Wildman–Crippen LogP) is 4.14. The van der Waals surface area contributed by atoms with Gasteiger partial charge in [-0.15, -0.1) is 10.2 Å². The summed E-state index contributed by atoms with van der Waals surface area (Å²) in [7, 11) is 1.89. The fourth-order valence-electron chi connectivity index (χ4n) is 2.97. The number of nitrogens with zero attached hydrogens (tertiary/aromatic N) is 3. The van der Waals surface area contributed by atoms with Gasteiger partial charge in [0.1, 0.15) is 12.4 Å². The second kappa shape index (κ2) is 10.5. The van der Waals surface area contributed by atoms with Gasteiger partial charge in [-0.25, -0.2) is 0 Å². The fraction of sp³-hybridized carbons (Fsp3) is 0.375. The highest BCUT2D eigenvalue weighted by molar-refractivity contribution is 7.99. The van der Waals surface area contributed by atoms with E-state index in [1.165, 1.54) is 22.9 Å².